The molecule has 2 amide bonds. The normalized spacial score (nSPS) is 11.9. The number of amides is 2. The Hall–Kier alpha value is -3.61. The third kappa shape index (κ3) is 4.14. The van der Waals surface area contributed by atoms with Crippen LogP contribution in [0.3, 0.4) is 0 Å². The first kappa shape index (κ1) is 16.8. The van der Waals surface area contributed by atoms with E-state index in [0.29, 0.717) is 36.0 Å². The van der Waals surface area contributed by atoms with Crippen LogP contribution in [0.5, 0.6) is 11.5 Å². The lowest BCUT2D eigenvalue weighted by Crippen LogP contribution is -2.30. The maximum absolute atomic E-state index is 12.0. The summed E-state index contributed by atoms with van der Waals surface area (Å²) in [5.74, 6) is 2.00. The second kappa shape index (κ2) is 7.74. The van der Waals surface area contributed by atoms with Gasteiger partial charge in [0, 0.05) is 36.3 Å². The Balaban J connectivity index is 1.26. The quantitative estimate of drug-likeness (QED) is 0.728. The lowest BCUT2D eigenvalue weighted by atomic mass is 10.2. The highest BCUT2D eigenvalue weighted by Gasteiger charge is 2.14. The van der Waals surface area contributed by atoms with Crippen LogP contribution in [0, 0.1) is 0 Å². The number of hydrogen-bond donors (Lipinski definition) is 2. The predicted molar refractivity (Wildman–Crippen MR) is 101 cm³/mol. The maximum atomic E-state index is 12.0. The van der Waals surface area contributed by atoms with Gasteiger partial charge in [-0.3, -0.25) is 0 Å². The van der Waals surface area contributed by atoms with Crippen molar-refractivity contribution < 1.29 is 14.3 Å². The van der Waals surface area contributed by atoms with Crippen molar-refractivity contribution in [3.63, 3.8) is 0 Å². The zero-order valence-electron chi connectivity index (χ0n) is 14.5. The average molecular weight is 362 g/mol. The third-order valence-electron chi connectivity index (χ3n) is 4.07. The van der Waals surface area contributed by atoms with E-state index in [1.54, 1.807) is 30.6 Å². The summed E-state index contributed by atoms with van der Waals surface area (Å²) in [6.07, 6.45) is 4.21. The molecule has 7 heteroatoms. The monoisotopic (exact) mass is 362 g/mol. The molecule has 1 aromatic heterocycles. The molecule has 2 N–H and O–H groups in total. The molecule has 136 valence electrons. The highest BCUT2D eigenvalue weighted by molar-refractivity contribution is 5.89. The topological polar surface area (TPSA) is 85.4 Å². The lowest BCUT2D eigenvalue weighted by Gasteiger charge is -2.08. The first-order valence-electron chi connectivity index (χ1n) is 8.59. The number of nitrogens with zero attached hydrogens (tertiary/aromatic N) is 2. The number of ether oxygens (including phenoxy) is 2. The molecule has 0 saturated carbocycles. The van der Waals surface area contributed by atoms with E-state index in [9.17, 15) is 4.79 Å². The van der Waals surface area contributed by atoms with E-state index < -0.39 is 0 Å². The fourth-order valence-electron chi connectivity index (χ4n) is 2.69. The highest BCUT2D eigenvalue weighted by atomic mass is 16.7. The highest BCUT2D eigenvalue weighted by Crippen LogP contribution is 2.34. The van der Waals surface area contributed by atoms with Gasteiger partial charge in [-0.2, -0.15) is 0 Å². The van der Waals surface area contributed by atoms with Gasteiger partial charge in [0.1, 0.15) is 0 Å². The molecule has 0 radical (unpaired) electrons. The van der Waals surface area contributed by atoms with E-state index in [-0.39, 0.29) is 12.8 Å². The number of nitrogens with one attached hydrogen (secondary N) is 2. The number of urea groups is 1. The van der Waals surface area contributed by atoms with Crippen LogP contribution in [-0.2, 0) is 6.42 Å². The Labute approximate surface area is 156 Å². The Morgan fingerprint density at radius 1 is 1.00 bits per heavy atom. The fraction of sp³-hybridized carbons (Fsp3) is 0.150. The van der Waals surface area contributed by atoms with Gasteiger partial charge >= 0.3 is 6.03 Å². The molecule has 1 aliphatic rings. The summed E-state index contributed by atoms with van der Waals surface area (Å²) in [5.41, 5.74) is 2.58. The van der Waals surface area contributed by atoms with Crippen molar-refractivity contribution >= 4 is 11.7 Å². The minimum absolute atomic E-state index is 0.204. The zero-order valence-corrected chi connectivity index (χ0v) is 14.5. The van der Waals surface area contributed by atoms with Crippen molar-refractivity contribution in [2.45, 2.75) is 6.42 Å². The van der Waals surface area contributed by atoms with E-state index in [2.05, 4.69) is 20.6 Å². The number of anilines is 1. The molecule has 2 heterocycles. The molecule has 0 atom stereocenters. The maximum Gasteiger partial charge on any atom is 0.319 e. The van der Waals surface area contributed by atoms with Crippen LogP contribution in [0.2, 0.25) is 0 Å². The van der Waals surface area contributed by atoms with Gasteiger partial charge in [0.05, 0.1) is 0 Å². The first-order chi connectivity index (χ1) is 13.3. The Morgan fingerprint density at radius 3 is 2.59 bits per heavy atom. The summed E-state index contributed by atoms with van der Waals surface area (Å²) in [6, 6.07) is 14.8. The van der Waals surface area contributed by atoms with Crippen molar-refractivity contribution in [1.29, 1.82) is 0 Å². The number of aromatic nitrogens is 2. The molecular formula is C20H18N4O3. The Bertz CT molecular complexity index is 930. The molecular weight excluding hydrogens is 344 g/mol. The van der Waals surface area contributed by atoms with E-state index in [4.69, 9.17) is 9.47 Å². The number of carbonyl (C=O) groups excluding carboxylic acids is 1. The summed E-state index contributed by atoms with van der Waals surface area (Å²) < 4.78 is 10.5. The molecule has 0 fully saturated rings. The standard InChI is InChI=1S/C20H18N4O3/c25-20(24-16-6-7-17-18(10-16)27-13-26-17)21-9-8-14-11-22-19(23-12-14)15-4-2-1-3-5-15/h1-7,10-12H,8-9,13H2,(H2,21,24,25). The summed E-state index contributed by atoms with van der Waals surface area (Å²) in [6.45, 7) is 0.681. The minimum Gasteiger partial charge on any atom is -0.454 e. The van der Waals surface area contributed by atoms with Gasteiger partial charge < -0.3 is 20.1 Å². The molecule has 0 unspecified atom stereocenters. The van der Waals surface area contributed by atoms with Crippen LogP contribution in [0.15, 0.2) is 60.9 Å². The van der Waals surface area contributed by atoms with Gasteiger partial charge in [0.2, 0.25) is 6.79 Å². The van der Waals surface area contributed by atoms with Crippen molar-refractivity contribution in [2.24, 2.45) is 0 Å². The summed E-state index contributed by atoms with van der Waals surface area (Å²) >= 11 is 0. The SMILES string of the molecule is O=C(NCCc1cnc(-c2ccccc2)nc1)Nc1ccc2c(c1)OCO2. The number of rotatable bonds is 5. The molecule has 4 rings (SSSR count). The first-order valence-corrected chi connectivity index (χ1v) is 8.59. The van der Waals surface area contributed by atoms with Gasteiger partial charge in [-0.1, -0.05) is 30.3 Å². The van der Waals surface area contributed by atoms with Crippen LogP contribution < -0.4 is 20.1 Å². The van der Waals surface area contributed by atoms with Crippen LogP contribution in [0.4, 0.5) is 10.5 Å². The molecule has 2 aromatic carbocycles. The van der Waals surface area contributed by atoms with Gasteiger partial charge in [0.15, 0.2) is 17.3 Å². The van der Waals surface area contributed by atoms with E-state index >= 15 is 0 Å². The molecule has 3 aromatic rings. The zero-order chi connectivity index (χ0) is 18.5. The number of fused-ring (bicyclic) bond motifs is 1. The molecule has 0 bridgehead atoms. The van der Waals surface area contributed by atoms with E-state index in [1.807, 2.05) is 30.3 Å². The second-order valence-electron chi connectivity index (χ2n) is 5.98. The minimum atomic E-state index is -0.282. The lowest BCUT2D eigenvalue weighted by molar-refractivity contribution is 0.174. The fourth-order valence-corrected chi connectivity index (χ4v) is 2.69. The van der Waals surface area contributed by atoms with Crippen LogP contribution >= 0.6 is 0 Å². The van der Waals surface area contributed by atoms with Gasteiger partial charge in [-0.05, 0) is 24.1 Å². The van der Waals surface area contributed by atoms with Crippen LogP contribution in [0.1, 0.15) is 5.56 Å². The van der Waals surface area contributed by atoms with Crippen molar-refractivity contribution in [1.82, 2.24) is 15.3 Å². The van der Waals surface area contributed by atoms with Crippen molar-refractivity contribution in [2.75, 3.05) is 18.7 Å². The van der Waals surface area contributed by atoms with Crippen molar-refractivity contribution in [3.05, 3.63) is 66.5 Å². The summed E-state index contributed by atoms with van der Waals surface area (Å²) in [7, 11) is 0. The number of benzene rings is 2. The van der Waals surface area contributed by atoms with Crippen LogP contribution in [0.25, 0.3) is 11.4 Å². The van der Waals surface area contributed by atoms with Gasteiger partial charge in [-0.15, -0.1) is 0 Å². The summed E-state index contributed by atoms with van der Waals surface area (Å²) in [5, 5.41) is 5.59. The molecule has 7 nitrogen and oxygen atoms in total. The Kier molecular flexibility index (Phi) is 4.82. The smallest absolute Gasteiger partial charge is 0.319 e. The van der Waals surface area contributed by atoms with Crippen LogP contribution in [-0.4, -0.2) is 29.3 Å². The van der Waals surface area contributed by atoms with Gasteiger partial charge in [-0.25, -0.2) is 14.8 Å². The Morgan fingerprint density at radius 2 is 1.78 bits per heavy atom. The molecule has 0 aliphatic carbocycles. The largest absolute Gasteiger partial charge is 0.454 e. The van der Waals surface area contributed by atoms with Gasteiger partial charge in [0.25, 0.3) is 0 Å². The number of hydrogen-bond acceptors (Lipinski definition) is 5. The average Bonchev–Trinajstić information content (AvgIpc) is 3.17. The molecule has 27 heavy (non-hydrogen) atoms. The molecule has 1 aliphatic heterocycles. The summed E-state index contributed by atoms with van der Waals surface area (Å²) in [4.78, 5) is 20.8. The number of carbonyl (C=O) groups is 1. The third-order valence-corrected chi connectivity index (χ3v) is 4.07. The molecule has 0 spiro atoms. The molecule has 0 saturated heterocycles. The van der Waals surface area contributed by atoms with E-state index in [1.165, 1.54) is 0 Å². The predicted octanol–water partition coefficient (Wildman–Crippen LogP) is 3.24. The van der Waals surface area contributed by atoms with E-state index in [0.717, 1.165) is 11.1 Å². The van der Waals surface area contributed by atoms with Crippen molar-refractivity contribution in [3.8, 4) is 22.9 Å². The second-order valence-corrected chi connectivity index (χ2v) is 5.98.